The van der Waals surface area contributed by atoms with Gasteiger partial charge in [0.25, 0.3) is 0 Å². The summed E-state index contributed by atoms with van der Waals surface area (Å²) in [6.07, 6.45) is 10.2. The van der Waals surface area contributed by atoms with Crippen molar-refractivity contribution in [3.63, 3.8) is 0 Å². The lowest BCUT2D eigenvalue weighted by Gasteiger charge is -2.22. The Morgan fingerprint density at radius 1 is 1.19 bits per heavy atom. The molecule has 0 aromatic rings. The van der Waals surface area contributed by atoms with Crippen LogP contribution in [0.3, 0.4) is 0 Å². The van der Waals surface area contributed by atoms with Crippen molar-refractivity contribution in [2.24, 2.45) is 17.3 Å². The summed E-state index contributed by atoms with van der Waals surface area (Å²) >= 11 is 0. The lowest BCUT2D eigenvalue weighted by molar-refractivity contribution is -0.168. The van der Waals surface area contributed by atoms with E-state index >= 15 is 0 Å². The Kier molecular flexibility index (Phi) is 3.64. The van der Waals surface area contributed by atoms with Gasteiger partial charge in [0.05, 0.1) is 14.2 Å². The first-order valence-corrected chi connectivity index (χ1v) is 7.67. The van der Waals surface area contributed by atoms with Crippen LogP contribution in [-0.4, -0.2) is 26.2 Å². The first-order chi connectivity index (χ1) is 10.1. The van der Waals surface area contributed by atoms with Crippen molar-refractivity contribution in [2.75, 3.05) is 14.2 Å². The monoisotopic (exact) mass is 290 g/mol. The largest absolute Gasteiger partial charge is 0.468 e. The molecule has 3 aliphatic carbocycles. The van der Waals surface area contributed by atoms with Crippen molar-refractivity contribution in [1.29, 1.82) is 0 Å². The molecule has 0 amide bonds. The third-order valence-corrected chi connectivity index (χ3v) is 5.33. The molecule has 114 valence electrons. The van der Waals surface area contributed by atoms with Crippen LogP contribution in [0, 0.1) is 17.3 Å². The zero-order chi connectivity index (χ0) is 15.0. The van der Waals surface area contributed by atoms with Crippen LogP contribution in [-0.2, 0) is 19.1 Å². The van der Waals surface area contributed by atoms with Gasteiger partial charge < -0.3 is 9.47 Å². The molecule has 0 bridgehead atoms. The Labute approximate surface area is 125 Å². The van der Waals surface area contributed by atoms with E-state index in [0.29, 0.717) is 18.8 Å². The van der Waals surface area contributed by atoms with Crippen LogP contribution in [0.4, 0.5) is 0 Å². The van der Waals surface area contributed by atoms with Crippen molar-refractivity contribution in [3.05, 3.63) is 23.3 Å². The number of rotatable bonds is 2. The van der Waals surface area contributed by atoms with Crippen molar-refractivity contribution in [3.8, 4) is 0 Å². The molecule has 0 N–H and O–H groups in total. The highest BCUT2D eigenvalue weighted by Gasteiger charge is 2.55. The molecule has 4 heteroatoms. The summed E-state index contributed by atoms with van der Waals surface area (Å²) in [6, 6.07) is 0. The Hall–Kier alpha value is -1.58. The van der Waals surface area contributed by atoms with Gasteiger partial charge in [0.1, 0.15) is 0 Å². The molecule has 0 saturated heterocycles. The van der Waals surface area contributed by atoms with Gasteiger partial charge in [-0.1, -0.05) is 23.3 Å². The topological polar surface area (TPSA) is 52.6 Å². The second kappa shape index (κ2) is 5.32. The Balaban J connectivity index is 1.94. The normalized spacial score (nSPS) is 29.6. The molecule has 0 aliphatic heterocycles. The molecule has 21 heavy (non-hydrogen) atoms. The average Bonchev–Trinajstić information content (AvgIpc) is 3.06. The molecule has 2 saturated carbocycles. The van der Waals surface area contributed by atoms with E-state index in [1.54, 1.807) is 0 Å². The van der Waals surface area contributed by atoms with Crippen LogP contribution in [0.25, 0.3) is 0 Å². The van der Waals surface area contributed by atoms with Gasteiger partial charge >= 0.3 is 11.9 Å². The number of hydrogen-bond donors (Lipinski definition) is 0. The predicted octanol–water partition coefficient (Wildman–Crippen LogP) is 2.79. The summed E-state index contributed by atoms with van der Waals surface area (Å²) in [5, 5.41) is 0. The molecule has 0 spiro atoms. The number of carbonyl (C=O) groups is 2. The lowest BCUT2D eigenvalue weighted by atomic mass is 9.84. The summed E-state index contributed by atoms with van der Waals surface area (Å²) in [4.78, 5) is 24.4. The summed E-state index contributed by atoms with van der Waals surface area (Å²) in [6.45, 7) is 0. The molecule has 0 radical (unpaired) electrons. The van der Waals surface area contributed by atoms with Crippen LogP contribution < -0.4 is 0 Å². The van der Waals surface area contributed by atoms with Crippen molar-refractivity contribution < 1.29 is 19.1 Å². The van der Waals surface area contributed by atoms with E-state index < -0.39 is 17.4 Å². The average molecular weight is 290 g/mol. The maximum absolute atomic E-state index is 12.2. The fourth-order valence-electron chi connectivity index (χ4n) is 4.22. The van der Waals surface area contributed by atoms with Gasteiger partial charge in [-0.2, -0.15) is 0 Å². The first kappa shape index (κ1) is 14.4. The minimum Gasteiger partial charge on any atom is -0.468 e. The molecule has 2 fully saturated rings. The zero-order valence-corrected chi connectivity index (χ0v) is 12.7. The van der Waals surface area contributed by atoms with Gasteiger partial charge in [0.2, 0.25) is 0 Å². The second-order valence-electron chi connectivity index (χ2n) is 6.40. The number of methoxy groups -OCH3 is 2. The van der Waals surface area contributed by atoms with Crippen molar-refractivity contribution in [1.82, 2.24) is 0 Å². The maximum atomic E-state index is 12.2. The van der Waals surface area contributed by atoms with Crippen molar-refractivity contribution in [2.45, 2.75) is 38.5 Å². The third-order valence-electron chi connectivity index (χ3n) is 5.33. The van der Waals surface area contributed by atoms with E-state index in [1.165, 1.54) is 38.2 Å². The smallest absolute Gasteiger partial charge is 0.323 e. The standard InChI is InChI=1S/C17H22O4/c1-20-15(18)17(16(19)21-2)9-13-7-6-11-4-3-5-12(11)8-14(13)10-17/h7-8,11,14H,3-6,9-10H2,1-2H3/t11-,14+/m1/s1. The summed E-state index contributed by atoms with van der Waals surface area (Å²) in [7, 11) is 2.67. The van der Waals surface area contributed by atoms with Crippen LogP contribution in [0.15, 0.2) is 23.3 Å². The van der Waals surface area contributed by atoms with Gasteiger partial charge in [-0.15, -0.1) is 0 Å². The SMILES string of the molecule is COC(=O)C1(C(=O)OC)CC2=CC[C@H]3CCCC3=C[C@H]2C1. The first-order valence-electron chi connectivity index (χ1n) is 7.67. The molecule has 0 aromatic carbocycles. The molecule has 4 nitrogen and oxygen atoms in total. The lowest BCUT2D eigenvalue weighted by Crippen LogP contribution is -2.39. The number of fused-ring (bicyclic) bond motifs is 2. The molecule has 0 heterocycles. The Morgan fingerprint density at radius 2 is 1.90 bits per heavy atom. The number of ether oxygens (including phenoxy) is 2. The minimum absolute atomic E-state index is 0.182. The number of carbonyl (C=O) groups excluding carboxylic acids is 2. The van der Waals surface area contributed by atoms with Crippen LogP contribution in [0.5, 0.6) is 0 Å². The minimum atomic E-state index is -1.15. The molecule has 0 unspecified atom stereocenters. The molecular formula is C17H22O4. The van der Waals surface area contributed by atoms with Crippen LogP contribution in [0.2, 0.25) is 0 Å². The molecule has 3 aliphatic rings. The molecule has 3 rings (SSSR count). The highest BCUT2D eigenvalue weighted by Crippen LogP contribution is 2.51. The van der Waals surface area contributed by atoms with Gasteiger partial charge in [-0.3, -0.25) is 9.59 Å². The summed E-state index contributed by atoms with van der Waals surface area (Å²) in [5.41, 5.74) is 1.56. The highest BCUT2D eigenvalue weighted by atomic mass is 16.5. The van der Waals surface area contributed by atoms with Gasteiger partial charge in [0, 0.05) is 0 Å². The van der Waals surface area contributed by atoms with E-state index in [9.17, 15) is 9.59 Å². The number of allylic oxidation sites excluding steroid dienone is 4. The number of hydrogen-bond acceptors (Lipinski definition) is 4. The van der Waals surface area contributed by atoms with Gasteiger partial charge in [-0.05, 0) is 50.4 Å². The van der Waals surface area contributed by atoms with Crippen molar-refractivity contribution >= 4 is 11.9 Å². The molecular weight excluding hydrogens is 268 g/mol. The molecule has 0 aromatic heterocycles. The van der Waals surface area contributed by atoms with E-state index in [2.05, 4.69) is 12.2 Å². The van der Waals surface area contributed by atoms with Crippen LogP contribution in [0.1, 0.15) is 38.5 Å². The van der Waals surface area contributed by atoms with E-state index in [-0.39, 0.29) is 5.92 Å². The second-order valence-corrected chi connectivity index (χ2v) is 6.40. The van der Waals surface area contributed by atoms with E-state index in [4.69, 9.17) is 9.47 Å². The highest BCUT2D eigenvalue weighted by molar-refractivity contribution is 6.01. The zero-order valence-electron chi connectivity index (χ0n) is 12.7. The number of esters is 2. The quantitative estimate of drug-likeness (QED) is 0.446. The van der Waals surface area contributed by atoms with E-state index in [1.807, 2.05) is 0 Å². The summed E-state index contributed by atoms with van der Waals surface area (Å²) in [5.74, 6) is -0.0792. The Bertz CT molecular complexity index is 513. The fourth-order valence-corrected chi connectivity index (χ4v) is 4.22. The fraction of sp³-hybridized carbons (Fsp3) is 0.647. The van der Waals surface area contributed by atoms with Gasteiger partial charge in [-0.25, -0.2) is 0 Å². The molecule has 2 atom stereocenters. The third kappa shape index (κ3) is 2.21. The predicted molar refractivity (Wildman–Crippen MR) is 77.3 cm³/mol. The van der Waals surface area contributed by atoms with Gasteiger partial charge in [0.15, 0.2) is 5.41 Å². The Morgan fingerprint density at radius 3 is 2.57 bits per heavy atom. The maximum Gasteiger partial charge on any atom is 0.323 e. The summed E-state index contributed by atoms with van der Waals surface area (Å²) < 4.78 is 9.79. The van der Waals surface area contributed by atoms with Crippen LogP contribution >= 0.6 is 0 Å². The van der Waals surface area contributed by atoms with E-state index in [0.717, 1.165) is 12.8 Å².